The van der Waals surface area contributed by atoms with E-state index in [1.54, 1.807) is 30.5 Å². The van der Waals surface area contributed by atoms with Gasteiger partial charge in [-0.2, -0.15) is 0 Å². The SMILES string of the molecule is O=C(Nc1ncccn1)c1cccn(Cc2cccc(Cl)c2)c1=O. The fourth-order valence-electron chi connectivity index (χ4n) is 2.20. The average Bonchev–Trinajstić information content (AvgIpc) is 2.58. The van der Waals surface area contributed by atoms with Crippen LogP contribution in [0.5, 0.6) is 0 Å². The van der Waals surface area contributed by atoms with Crippen LogP contribution in [0.2, 0.25) is 5.02 Å². The third-order valence-electron chi connectivity index (χ3n) is 3.30. The molecule has 0 saturated heterocycles. The molecule has 120 valence electrons. The number of benzene rings is 1. The Hall–Kier alpha value is -2.99. The first-order valence-corrected chi connectivity index (χ1v) is 7.53. The number of hydrogen-bond donors (Lipinski definition) is 1. The van der Waals surface area contributed by atoms with Crippen molar-refractivity contribution in [3.8, 4) is 0 Å². The Labute approximate surface area is 142 Å². The van der Waals surface area contributed by atoms with Crippen LogP contribution in [-0.2, 0) is 6.54 Å². The van der Waals surface area contributed by atoms with Gasteiger partial charge in [0.2, 0.25) is 5.95 Å². The molecule has 7 heteroatoms. The number of rotatable bonds is 4. The highest BCUT2D eigenvalue weighted by molar-refractivity contribution is 6.30. The molecule has 0 saturated carbocycles. The fraction of sp³-hybridized carbons (Fsp3) is 0.0588. The van der Waals surface area contributed by atoms with Crippen LogP contribution in [0.4, 0.5) is 5.95 Å². The van der Waals surface area contributed by atoms with E-state index in [-0.39, 0.29) is 11.5 Å². The third-order valence-corrected chi connectivity index (χ3v) is 3.53. The number of amides is 1. The van der Waals surface area contributed by atoms with Crippen molar-refractivity contribution in [1.29, 1.82) is 0 Å². The maximum absolute atomic E-state index is 12.5. The quantitative estimate of drug-likeness (QED) is 0.792. The number of carbonyl (C=O) groups excluding carboxylic acids is 1. The number of aromatic nitrogens is 3. The summed E-state index contributed by atoms with van der Waals surface area (Å²) in [5.74, 6) is -0.404. The van der Waals surface area contributed by atoms with E-state index in [0.29, 0.717) is 11.6 Å². The highest BCUT2D eigenvalue weighted by atomic mass is 35.5. The van der Waals surface area contributed by atoms with E-state index in [2.05, 4.69) is 15.3 Å². The standard InChI is InChI=1S/C17H13ClN4O2/c18-13-5-1-4-12(10-13)11-22-9-2-6-14(16(22)24)15(23)21-17-19-7-3-8-20-17/h1-10H,11H2,(H,19,20,21,23). The summed E-state index contributed by atoms with van der Waals surface area (Å²) in [6.07, 6.45) is 4.63. The van der Waals surface area contributed by atoms with Crippen LogP contribution in [0.1, 0.15) is 15.9 Å². The van der Waals surface area contributed by atoms with Crippen molar-refractivity contribution >= 4 is 23.5 Å². The molecule has 0 spiro atoms. The van der Waals surface area contributed by atoms with Gasteiger partial charge in [-0.05, 0) is 35.9 Å². The first kappa shape index (κ1) is 15.9. The van der Waals surface area contributed by atoms with E-state index in [9.17, 15) is 9.59 Å². The average molecular weight is 341 g/mol. The molecule has 1 N–H and O–H groups in total. The Morgan fingerprint density at radius 1 is 1.12 bits per heavy atom. The van der Waals surface area contributed by atoms with Crippen LogP contribution in [0.15, 0.2) is 65.8 Å². The van der Waals surface area contributed by atoms with Gasteiger partial charge in [-0.1, -0.05) is 23.7 Å². The molecule has 3 rings (SSSR count). The molecule has 2 heterocycles. The molecule has 0 atom stereocenters. The van der Waals surface area contributed by atoms with Crippen molar-refractivity contribution in [2.45, 2.75) is 6.54 Å². The number of nitrogens with one attached hydrogen (secondary N) is 1. The molecule has 0 bridgehead atoms. The lowest BCUT2D eigenvalue weighted by molar-refractivity contribution is 0.102. The second-order valence-electron chi connectivity index (χ2n) is 5.01. The number of carbonyl (C=O) groups is 1. The molecule has 1 amide bonds. The summed E-state index contributed by atoms with van der Waals surface area (Å²) in [5.41, 5.74) is 0.492. The molecule has 0 fully saturated rings. The zero-order valence-electron chi connectivity index (χ0n) is 12.5. The monoisotopic (exact) mass is 340 g/mol. The summed E-state index contributed by atoms with van der Waals surface area (Å²) in [5, 5.41) is 3.10. The first-order valence-electron chi connectivity index (χ1n) is 7.16. The minimum absolute atomic E-state index is 0.0204. The first-order chi connectivity index (χ1) is 11.6. The van der Waals surface area contributed by atoms with Crippen molar-refractivity contribution in [1.82, 2.24) is 14.5 Å². The molecular weight excluding hydrogens is 328 g/mol. The van der Waals surface area contributed by atoms with E-state index < -0.39 is 11.5 Å². The molecule has 24 heavy (non-hydrogen) atoms. The van der Waals surface area contributed by atoms with E-state index in [1.165, 1.54) is 23.0 Å². The number of nitrogens with zero attached hydrogens (tertiary/aromatic N) is 3. The maximum atomic E-state index is 12.5. The molecule has 0 aliphatic rings. The predicted octanol–water partition coefficient (Wildman–Crippen LogP) is 2.59. The highest BCUT2D eigenvalue weighted by Crippen LogP contribution is 2.11. The molecule has 0 unspecified atom stereocenters. The number of anilines is 1. The van der Waals surface area contributed by atoms with Crippen molar-refractivity contribution in [3.63, 3.8) is 0 Å². The van der Waals surface area contributed by atoms with Crippen LogP contribution in [0, 0.1) is 0 Å². The molecule has 2 aromatic heterocycles. The highest BCUT2D eigenvalue weighted by Gasteiger charge is 2.13. The Morgan fingerprint density at radius 2 is 1.92 bits per heavy atom. The van der Waals surface area contributed by atoms with E-state index in [0.717, 1.165) is 5.56 Å². The van der Waals surface area contributed by atoms with Gasteiger partial charge >= 0.3 is 0 Å². The fourth-order valence-corrected chi connectivity index (χ4v) is 2.41. The van der Waals surface area contributed by atoms with Gasteiger partial charge < -0.3 is 4.57 Å². The van der Waals surface area contributed by atoms with Crippen molar-refractivity contribution in [2.24, 2.45) is 0 Å². The van der Waals surface area contributed by atoms with Crippen LogP contribution in [0.3, 0.4) is 0 Å². The number of pyridine rings is 1. The van der Waals surface area contributed by atoms with E-state index in [4.69, 9.17) is 11.6 Å². The minimum atomic E-state index is -0.549. The summed E-state index contributed by atoms with van der Waals surface area (Å²) >= 11 is 5.96. The Balaban J connectivity index is 1.85. The van der Waals surface area contributed by atoms with Crippen LogP contribution < -0.4 is 10.9 Å². The molecular formula is C17H13ClN4O2. The normalized spacial score (nSPS) is 10.4. The van der Waals surface area contributed by atoms with Crippen LogP contribution >= 0.6 is 11.6 Å². The van der Waals surface area contributed by atoms with E-state index >= 15 is 0 Å². The molecule has 6 nitrogen and oxygen atoms in total. The minimum Gasteiger partial charge on any atom is -0.310 e. The second-order valence-corrected chi connectivity index (χ2v) is 5.45. The van der Waals surface area contributed by atoms with Gasteiger partial charge in [0.15, 0.2) is 0 Å². The van der Waals surface area contributed by atoms with Crippen molar-refractivity contribution in [2.75, 3.05) is 5.32 Å². The smallest absolute Gasteiger partial charge is 0.263 e. The number of hydrogen-bond acceptors (Lipinski definition) is 4. The molecule has 3 aromatic rings. The summed E-state index contributed by atoms with van der Waals surface area (Å²) in [4.78, 5) is 32.6. The molecule has 0 aliphatic heterocycles. The van der Waals surface area contributed by atoms with Gasteiger partial charge in [0.1, 0.15) is 5.56 Å². The lowest BCUT2D eigenvalue weighted by Crippen LogP contribution is -2.29. The lowest BCUT2D eigenvalue weighted by Gasteiger charge is -2.08. The van der Waals surface area contributed by atoms with Crippen LogP contribution in [-0.4, -0.2) is 20.4 Å². The molecule has 0 radical (unpaired) electrons. The number of halogens is 1. The van der Waals surface area contributed by atoms with Crippen LogP contribution in [0.25, 0.3) is 0 Å². The molecule has 1 aromatic carbocycles. The van der Waals surface area contributed by atoms with Gasteiger partial charge in [-0.15, -0.1) is 0 Å². The topological polar surface area (TPSA) is 76.9 Å². The zero-order chi connectivity index (χ0) is 16.9. The largest absolute Gasteiger partial charge is 0.310 e. The zero-order valence-corrected chi connectivity index (χ0v) is 13.3. The lowest BCUT2D eigenvalue weighted by atomic mass is 10.2. The van der Waals surface area contributed by atoms with Gasteiger partial charge in [0, 0.05) is 23.6 Å². The summed E-state index contributed by atoms with van der Waals surface area (Å²) in [7, 11) is 0. The van der Waals surface area contributed by atoms with Gasteiger partial charge in [0.25, 0.3) is 11.5 Å². The maximum Gasteiger partial charge on any atom is 0.263 e. The van der Waals surface area contributed by atoms with Gasteiger partial charge in [-0.25, -0.2) is 9.97 Å². The Morgan fingerprint density at radius 3 is 2.67 bits per heavy atom. The van der Waals surface area contributed by atoms with Crippen molar-refractivity contribution < 1.29 is 4.79 Å². The Bertz CT molecular complexity index is 925. The summed E-state index contributed by atoms with van der Waals surface area (Å²) in [6.45, 7) is 0.322. The second kappa shape index (κ2) is 7.06. The van der Waals surface area contributed by atoms with Gasteiger partial charge in [0.05, 0.1) is 6.54 Å². The van der Waals surface area contributed by atoms with Gasteiger partial charge in [-0.3, -0.25) is 14.9 Å². The predicted molar refractivity (Wildman–Crippen MR) is 91.2 cm³/mol. The summed E-state index contributed by atoms with van der Waals surface area (Å²) in [6, 6.07) is 12.0. The van der Waals surface area contributed by atoms with Crippen molar-refractivity contribution in [3.05, 3.63) is 87.6 Å². The summed E-state index contributed by atoms with van der Waals surface area (Å²) < 4.78 is 1.45. The molecule has 0 aliphatic carbocycles. The van der Waals surface area contributed by atoms with E-state index in [1.807, 2.05) is 12.1 Å². The Kier molecular flexibility index (Phi) is 4.67. The third kappa shape index (κ3) is 3.67.